The highest BCUT2D eigenvalue weighted by Gasteiger charge is 2.24. The molecule has 0 bridgehead atoms. The van der Waals surface area contributed by atoms with Crippen LogP contribution in [0.25, 0.3) is 11.3 Å². The van der Waals surface area contributed by atoms with Crippen LogP contribution in [0.3, 0.4) is 0 Å². The number of H-pyrrole nitrogens is 1. The lowest BCUT2D eigenvalue weighted by Crippen LogP contribution is -2.35. The van der Waals surface area contributed by atoms with Gasteiger partial charge in [0, 0.05) is 24.5 Å². The highest BCUT2D eigenvalue weighted by atomic mass is 16.2. The van der Waals surface area contributed by atoms with E-state index in [-0.39, 0.29) is 17.5 Å². The maximum Gasteiger partial charge on any atom is 0.273 e. The van der Waals surface area contributed by atoms with Crippen LogP contribution in [0.5, 0.6) is 0 Å². The van der Waals surface area contributed by atoms with Gasteiger partial charge in [0.15, 0.2) is 5.69 Å². The molecule has 4 aromatic rings. The van der Waals surface area contributed by atoms with Crippen molar-refractivity contribution in [3.05, 3.63) is 65.4 Å². The van der Waals surface area contributed by atoms with Crippen LogP contribution in [0, 0.1) is 6.92 Å². The number of nitrogens with zero attached hydrogens (tertiary/aromatic N) is 6. The third kappa shape index (κ3) is 4.96. The molecule has 1 amide bonds. The number of rotatable bonds is 5. The lowest BCUT2D eigenvalue weighted by Gasteiger charge is -2.20. The number of benzene rings is 1. The monoisotopic (exact) mass is 486 g/mol. The van der Waals surface area contributed by atoms with E-state index in [0.29, 0.717) is 18.2 Å². The molecule has 0 spiro atoms. The van der Waals surface area contributed by atoms with E-state index >= 15 is 0 Å². The molecular formula is C25H30N10O. The third-order valence-electron chi connectivity index (χ3n) is 6.19. The molecule has 0 fully saturated rings. The Labute approximate surface area is 209 Å². The number of amides is 1. The van der Waals surface area contributed by atoms with E-state index in [9.17, 15) is 4.79 Å². The van der Waals surface area contributed by atoms with Crippen LogP contribution in [0.1, 0.15) is 54.1 Å². The third-order valence-corrected chi connectivity index (χ3v) is 6.19. The summed E-state index contributed by atoms with van der Waals surface area (Å²) in [6, 6.07) is 7.96. The minimum atomic E-state index is -0.244. The normalized spacial score (nSPS) is 15.7. The Balaban J connectivity index is 1.37. The summed E-state index contributed by atoms with van der Waals surface area (Å²) in [4.78, 5) is 22.0. The molecule has 0 unspecified atom stereocenters. The van der Waals surface area contributed by atoms with Crippen LogP contribution in [-0.2, 0) is 12.0 Å². The van der Waals surface area contributed by atoms with Gasteiger partial charge < -0.3 is 16.0 Å². The highest BCUT2D eigenvalue weighted by Crippen LogP contribution is 2.28. The van der Waals surface area contributed by atoms with Crippen LogP contribution in [-0.4, -0.2) is 54.2 Å². The summed E-state index contributed by atoms with van der Waals surface area (Å²) < 4.78 is 1.70. The van der Waals surface area contributed by atoms with Crippen LogP contribution in [0.4, 0.5) is 11.6 Å². The van der Waals surface area contributed by atoms with Crippen molar-refractivity contribution < 1.29 is 4.79 Å². The van der Waals surface area contributed by atoms with Gasteiger partial charge in [-0.1, -0.05) is 17.3 Å². The van der Waals surface area contributed by atoms with Crippen molar-refractivity contribution in [3.8, 4) is 11.3 Å². The fourth-order valence-corrected chi connectivity index (χ4v) is 4.14. The van der Waals surface area contributed by atoms with E-state index in [1.165, 1.54) is 5.56 Å². The number of aryl methyl sites for hydroxylation is 1. The molecule has 5 rings (SSSR count). The predicted molar refractivity (Wildman–Crippen MR) is 136 cm³/mol. The molecule has 1 aliphatic rings. The van der Waals surface area contributed by atoms with Gasteiger partial charge in [-0.2, -0.15) is 5.10 Å². The van der Waals surface area contributed by atoms with Gasteiger partial charge in [-0.25, -0.2) is 14.6 Å². The molecule has 11 nitrogen and oxygen atoms in total. The Morgan fingerprint density at radius 2 is 2.08 bits per heavy atom. The predicted octanol–water partition coefficient (Wildman–Crippen LogP) is 2.88. The van der Waals surface area contributed by atoms with E-state index in [2.05, 4.69) is 53.6 Å². The second-order valence-electron chi connectivity index (χ2n) is 9.89. The molecule has 0 aliphatic carbocycles. The summed E-state index contributed by atoms with van der Waals surface area (Å²) in [6.45, 7) is 9.41. The molecule has 4 heterocycles. The number of nitrogens with one attached hydrogen (secondary N) is 4. The van der Waals surface area contributed by atoms with Crippen molar-refractivity contribution in [1.82, 2.24) is 45.8 Å². The van der Waals surface area contributed by atoms with Gasteiger partial charge in [0.1, 0.15) is 0 Å². The summed E-state index contributed by atoms with van der Waals surface area (Å²) in [5.74, 6) is 0.261. The second kappa shape index (κ2) is 9.50. The number of aromatic amines is 1. The zero-order valence-electron chi connectivity index (χ0n) is 20.8. The van der Waals surface area contributed by atoms with Gasteiger partial charge in [0.2, 0.25) is 5.95 Å². The van der Waals surface area contributed by atoms with E-state index in [0.717, 1.165) is 41.2 Å². The molecule has 1 aliphatic heterocycles. The standard InChI is InChI=1S/C25H30N10O/c1-15-20(13-28-32-15)31-24-27-10-8-19(30-24)17-5-6-18-16(11-17)7-9-26-12-21(18)29-23(36)22-14-35(34-33-22)25(2,3)4/h5-6,8,10-11,13-14,21,26H,7,9,12H2,1-4H3,(H,28,32)(H,29,36)(H,27,30,31)/t21-/m1/s1. The topological polar surface area (TPSA) is 138 Å². The maximum absolute atomic E-state index is 13.0. The minimum Gasteiger partial charge on any atom is -0.342 e. The Morgan fingerprint density at radius 1 is 1.22 bits per heavy atom. The number of aromatic nitrogens is 7. The summed E-state index contributed by atoms with van der Waals surface area (Å²) in [5, 5.41) is 24.9. The van der Waals surface area contributed by atoms with Gasteiger partial charge >= 0.3 is 0 Å². The lowest BCUT2D eigenvalue weighted by atomic mass is 9.96. The van der Waals surface area contributed by atoms with Crippen molar-refractivity contribution in [3.63, 3.8) is 0 Å². The van der Waals surface area contributed by atoms with Gasteiger partial charge in [0.25, 0.3) is 5.91 Å². The molecule has 36 heavy (non-hydrogen) atoms. The first-order chi connectivity index (χ1) is 17.3. The molecule has 3 aromatic heterocycles. The van der Waals surface area contributed by atoms with Crippen molar-refractivity contribution in [2.24, 2.45) is 0 Å². The smallest absolute Gasteiger partial charge is 0.273 e. The van der Waals surface area contributed by atoms with Crippen molar-refractivity contribution in [1.29, 1.82) is 0 Å². The molecule has 1 aromatic carbocycles. The van der Waals surface area contributed by atoms with Crippen molar-refractivity contribution in [2.45, 2.75) is 45.7 Å². The van der Waals surface area contributed by atoms with E-state index < -0.39 is 0 Å². The largest absolute Gasteiger partial charge is 0.342 e. The zero-order chi connectivity index (χ0) is 25.3. The second-order valence-corrected chi connectivity index (χ2v) is 9.89. The van der Waals surface area contributed by atoms with Gasteiger partial charge in [0.05, 0.1) is 34.9 Å². The van der Waals surface area contributed by atoms with Crippen LogP contribution < -0.4 is 16.0 Å². The Morgan fingerprint density at radius 3 is 2.83 bits per heavy atom. The zero-order valence-corrected chi connectivity index (χ0v) is 20.8. The first-order valence-corrected chi connectivity index (χ1v) is 12.0. The van der Waals surface area contributed by atoms with Gasteiger partial charge in [-0.3, -0.25) is 9.89 Å². The quantitative estimate of drug-likeness (QED) is 0.338. The lowest BCUT2D eigenvalue weighted by molar-refractivity contribution is 0.0931. The van der Waals surface area contributed by atoms with Gasteiger partial charge in [-0.05, 0) is 63.9 Å². The van der Waals surface area contributed by atoms with E-state index in [4.69, 9.17) is 4.98 Å². The average Bonchev–Trinajstić information content (AvgIpc) is 3.46. The maximum atomic E-state index is 13.0. The fourth-order valence-electron chi connectivity index (χ4n) is 4.14. The summed E-state index contributed by atoms with van der Waals surface area (Å²) in [7, 11) is 0. The Kier molecular flexibility index (Phi) is 6.23. The van der Waals surface area contributed by atoms with Crippen LogP contribution >= 0.6 is 0 Å². The first-order valence-electron chi connectivity index (χ1n) is 12.0. The average molecular weight is 487 g/mol. The Hall–Kier alpha value is -4.12. The number of anilines is 2. The molecule has 11 heteroatoms. The molecule has 0 radical (unpaired) electrons. The molecule has 0 saturated carbocycles. The van der Waals surface area contributed by atoms with E-state index in [1.807, 2.05) is 39.8 Å². The molecule has 1 atom stereocenters. The van der Waals surface area contributed by atoms with Crippen molar-refractivity contribution >= 4 is 17.5 Å². The molecular weight excluding hydrogens is 456 g/mol. The number of hydrogen-bond donors (Lipinski definition) is 4. The molecule has 0 saturated heterocycles. The summed E-state index contributed by atoms with van der Waals surface area (Å²) >= 11 is 0. The highest BCUT2D eigenvalue weighted by molar-refractivity contribution is 5.92. The Bertz CT molecular complexity index is 1380. The number of hydrogen-bond acceptors (Lipinski definition) is 8. The summed E-state index contributed by atoms with van der Waals surface area (Å²) in [6.07, 6.45) is 6.05. The van der Waals surface area contributed by atoms with E-state index in [1.54, 1.807) is 23.3 Å². The molecule has 4 N–H and O–H groups in total. The van der Waals surface area contributed by atoms with Crippen molar-refractivity contribution in [2.75, 3.05) is 18.4 Å². The summed E-state index contributed by atoms with van der Waals surface area (Å²) in [5.41, 5.74) is 5.79. The number of carbonyl (C=O) groups excluding carboxylic acids is 1. The van der Waals surface area contributed by atoms with Gasteiger partial charge in [-0.15, -0.1) is 5.10 Å². The first kappa shape index (κ1) is 23.6. The molecule has 186 valence electrons. The SMILES string of the molecule is Cc1n[nH]cc1Nc1nccc(-c2ccc3c(c2)CCNC[C@H]3NC(=O)c2cn(C(C)(C)C)nn2)n1. The van der Waals surface area contributed by atoms with Crippen LogP contribution in [0.15, 0.2) is 42.9 Å². The number of fused-ring (bicyclic) bond motifs is 1. The number of carbonyl (C=O) groups is 1. The minimum absolute atomic E-state index is 0.185. The fraction of sp³-hybridized carbons (Fsp3) is 0.360. The van der Waals surface area contributed by atoms with Crippen LogP contribution in [0.2, 0.25) is 0 Å².